The van der Waals surface area contributed by atoms with E-state index in [4.69, 9.17) is 9.47 Å². The van der Waals surface area contributed by atoms with Crippen LogP contribution in [0.5, 0.6) is 11.5 Å². The standard InChI is InChI=1S/C21H28N4O3/c1-4-22-21(24-15-20(26)25-17-9-6-5-7-10-17)23-14-16(2)28-19-12-8-11-18(13-19)27-3/h5-13,16H,4,14-15H2,1-3H3,(H,25,26)(H2,22,23,24). The average Bonchev–Trinajstić information content (AvgIpc) is 2.71. The number of benzene rings is 2. The van der Waals surface area contributed by atoms with Crippen LogP contribution < -0.4 is 25.4 Å². The Hall–Kier alpha value is -3.22. The number of anilines is 1. The highest BCUT2D eigenvalue weighted by Gasteiger charge is 2.08. The number of nitrogens with zero attached hydrogens (tertiary/aromatic N) is 1. The van der Waals surface area contributed by atoms with Crippen LogP contribution in [0.2, 0.25) is 0 Å². The molecule has 0 saturated heterocycles. The van der Waals surface area contributed by atoms with Gasteiger partial charge < -0.3 is 25.4 Å². The minimum atomic E-state index is -0.177. The van der Waals surface area contributed by atoms with Gasteiger partial charge >= 0.3 is 0 Å². The van der Waals surface area contributed by atoms with E-state index in [1.54, 1.807) is 7.11 Å². The van der Waals surface area contributed by atoms with Crippen LogP contribution in [0.25, 0.3) is 0 Å². The highest BCUT2D eigenvalue weighted by Crippen LogP contribution is 2.19. The summed E-state index contributed by atoms with van der Waals surface area (Å²) >= 11 is 0. The first-order chi connectivity index (χ1) is 13.6. The van der Waals surface area contributed by atoms with E-state index in [-0.39, 0.29) is 18.6 Å². The molecule has 0 fully saturated rings. The first kappa shape index (κ1) is 21.1. The molecule has 2 aromatic carbocycles. The van der Waals surface area contributed by atoms with E-state index in [1.807, 2.05) is 68.4 Å². The number of amides is 1. The molecule has 0 bridgehead atoms. The van der Waals surface area contributed by atoms with Crippen molar-refractivity contribution in [2.24, 2.45) is 4.99 Å². The van der Waals surface area contributed by atoms with Gasteiger partial charge in [-0.15, -0.1) is 0 Å². The van der Waals surface area contributed by atoms with E-state index < -0.39 is 0 Å². The van der Waals surface area contributed by atoms with Gasteiger partial charge in [-0.2, -0.15) is 0 Å². The number of ether oxygens (including phenoxy) is 2. The summed E-state index contributed by atoms with van der Waals surface area (Å²) in [4.78, 5) is 16.4. The Morgan fingerprint density at radius 3 is 2.54 bits per heavy atom. The number of methoxy groups -OCH3 is 1. The molecule has 0 saturated carbocycles. The van der Waals surface area contributed by atoms with E-state index in [1.165, 1.54) is 0 Å². The van der Waals surface area contributed by atoms with Crippen molar-refractivity contribution >= 4 is 17.6 Å². The van der Waals surface area contributed by atoms with Crippen molar-refractivity contribution in [3.8, 4) is 11.5 Å². The summed E-state index contributed by atoms with van der Waals surface area (Å²) in [6, 6.07) is 16.8. The molecule has 3 N–H and O–H groups in total. The third-order valence-corrected chi connectivity index (χ3v) is 3.72. The number of para-hydroxylation sites is 1. The van der Waals surface area contributed by atoms with E-state index in [0.29, 0.717) is 19.0 Å². The second-order valence-corrected chi connectivity index (χ2v) is 6.10. The van der Waals surface area contributed by atoms with Crippen molar-refractivity contribution in [1.29, 1.82) is 0 Å². The molecule has 2 rings (SSSR count). The van der Waals surface area contributed by atoms with Gasteiger partial charge in [0.2, 0.25) is 5.91 Å². The first-order valence-electron chi connectivity index (χ1n) is 9.28. The number of hydrogen-bond donors (Lipinski definition) is 3. The molecular weight excluding hydrogens is 356 g/mol. The quantitative estimate of drug-likeness (QED) is 0.457. The molecule has 0 spiro atoms. The number of carbonyl (C=O) groups is 1. The van der Waals surface area contributed by atoms with E-state index >= 15 is 0 Å². The molecule has 2 aromatic rings. The number of guanidine groups is 1. The fourth-order valence-corrected chi connectivity index (χ4v) is 2.40. The zero-order chi connectivity index (χ0) is 20.2. The normalized spacial score (nSPS) is 12.0. The molecule has 7 heteroatoms. The van der Waals surface area contributed by atoms with Gasteiger partial charge in [-0.3, -0.25) is 4.79 Å². The van der Waals surface area contributed by atoms with Gasteiger partial charge in [0.05, 0.1) is 13.7 Å². The second kappa shape index (κ2) is 11.5. The van der Waals surface area contributed by atoms with Crippen LogP contribution in [0.3, 0.4) is 0 Å². The number of carbonyl (C=O) groups excluding carboxylic acids is 1. The van der Waals surface area contributed by atoms with Crippen LogP contribution in [0.15, 0.2) is 59.6 Å². The third kappa shape index (κ3) is 7.57. The van der Waals surface area contributed by atoms with Gasteiger partial charge in [0.15, 0.2) is 5.96 Å². The average molecular weight is 384 g/mol. The van der Waals surface area contributed by atoms with Crippen LogP contribution >= 0.6 is 0 Å². The predicted molar refractivity (Wildman–Crippen MR) is 112 cm³/mol. The highest BCUT2D eigenvalue weighted by molar-refractivity contribution is 5.94. The second-order valence-electron chi connectivity index (χ2n) is 6.10. The van der Waals surface area contributed by atoms with Crippen LogP contribution in [0.4, 0.5) is 5.69 Å². The van der Waals surface area contributed by atoms with Crippen molar-refractivity contribution in [3.63, 3.8) is 0 Å². The number of nitrogens with one attached hydrogen (secondary N) is 3. The molecule has 150 valence electrons. The van der Waals surface area contributed by atoms with Crippen LogP contribution in [0, 0.1) is 0 Å². The molecule has 0 aliphatic carbocycles. The van der Waals surface area contributed by atoms with Gasteiger partial charge in [0.1, 0.15) is 24.1 Å². The summed E-state index contributed by atoms with van der Waals surface area (Å²) in [5, 5.41) is 9.12. The molecule has 28 heavy (non-hydrogen) atoms. The molecule has 7 nitrogen and oxygen atoms in total. The lowest BCUT2D eigenvalue weighted by atomic mass is 10.3. The Kier molecular flexibility index (Phi) is 8.65. The van der Waals surface area contributed by atoms with E-state index in [0.717, 1.165) is 17.2 Å². The maximum absolute atomic E-state index is 12.1. The topological polar surface area (TPSA) is 84.0 Å². The fraction of sp³-hybridized carbons (Fsp3) is 0.333. The maximum atomic E-state index is 12.1. The Balaban J connectivity index is 1.83. The molecule has 0 heterocycles. The van der Waals surface area contributed by atoms with Gasteiger partial charge in [0.25, 0.3) is 0 Å². The number of hydrogen-bond acceptors (Lipinski definition) is 4. The van der Waals surface area contributed by atoms with Crippen molar-refractivity contribution in [2.45, 2.75) is 20.0 Å². The lowest BCUT2D eigenvalue weighted by Gasteiger charge is -2.18. The predicted octanol–water partition coefficient (Wildman–Crippen LogP) is 2.66. The number of rotatable bonds is 9. The summed E-state index contributed by atoms with van der Waals surface area (Å²) < 4.78 is 11.1. The number of aliphatic imine (C=N–C) groups is 1. The van der Waals surface area contributed by atoms with Crippen molar-refractivity contribution in [3.05, 3.63) is 54.6 Å². The van der Waals surface area contributed by atoms with Crippen molar-refractivity contribution in [1.82, 2.24) is 10.6 Å². The van der Waals surface area contributed by atoms with Crippen molar-refractivity contribution < 1.29 is 14.3 Å². The molecule has 0 radical (unpaired) electrons. The summed E-state index contributed by atoms with van der Waals surface area (Å²) in [6.07, 6.45) is -0.103. The smallest absolute Gasteiger partial charge is 0.246 e. The van der Waals surface area contributed by atoms with Crippen LogP contribution in [0.1, 0.15) is 13.8 Å². The Labute approximate surface area is 166 Å². The van der Waals surface area contributed by atoms with Crippen LogP contribution in [-0.4, -0.2) is 44.7 Å². The summed E-state index contributed by atoms with van der Waals surface area (Å²) in [6.45, 7) is 5.17. The van der Waals surface area contributed by atoms with E-state index in [2.05, 4.69) is 20.9 Å². The van der Waals surface area contributed by atoms with Gasteiger partial charge in [-0.1, -0.05) is 24.3 Å². The lowest BCUT2D eigenvalue weighted by Crippen LogP contribution is -2.42. The summed E-state index contributed by atoms with van der Waals surface area (Å²) in [5.74, 6) is 1.87. The molecule has 1 amide bonds. The van der Waals surface area contributed by atoms with Crippen LogP contribution in [-0.2, 0) is 4.79 Å². The minimum Gasteiger partial charge on any atom is -0.497 e. The van der Waals surface area contributed by atoms with Gasteiger partial charge in [-0.05, 0) is 38.1 Å². The Morgan fingerprint density at radius 1 is 1.07 bits per heavy atom. The maximum Gasteiger partial charge on any atom is 0.246 e. The SMILES string of the molecule is CCNC(=NCC(=O)Nc1ccccc1)NCC(C)Oc1cccc(OC)c1. The largest absolute Gasteiger partial charge is 0.497 e. The fourth-order valence-electron chi connectivity index (χ4n) is 2.40. The summed E-state index contributed by atoms with van der Waals surface area (Å²) in [7, 11) is 1.62. The zero-order valence-corrected chi connectivity index (χ0v) is 16.6. The Bertz CT molecular complexity index is 765. The van der Waals surface area contributed by atoms with Gasteiger partial charge in [0, 0.05) is 18.3 Å². The summed E-state index contributed by atoms with van der Waals surface area (Å²) in [5.41, 5.74) is 0.751. The lowest BCUT2D eigenvalue weighted by molar-refractivity contribution is -0.114. The molecule has 0 aliphatic rings. The van der Waals surface area contributed by atoms with Crippen molar-refractivity contribution in [2.75, 3.05) is 32.1 Å². The monoisotopic (exact) mass is 384 g/mol. The highest BCUT2D eigenvalue weighted by atomic mass is 16.5. The minimum absolute atomic E-state index is 0.0232. The Morgan fingerprint density at radius 2 is 1.82 bits per heavy atom. The third-order valence-electron chi connectivity index (χ3n) is 3.72. The molecule has 1 unspecified atom stereocenters. The van der Waals surface area contributed by atoms with E-state index in [9.17, 15) is 4.79 Å². The first-order valence-corrected chi connectivity index (χ1v) is 9.28. The molecule has 1 atom stereocenters. The molecule has 0 aromatic heterocycles. The molecule has 0 aliphatic heterocycles. The van der Waals surface area contributed by atoms with Gasteiger partial charge in [-0.25, -0.2) is 4.99 Å². The molecular formula is C21H28N4O3. The zero-order valence-electron chi connectivity index (χ0n) is 16.6.